The van der Waals surface area contributed by atoms with E-state index in [1.54, 1.807) is 6.20 Å². The summed E-state index contributed by atoms with van der Waals surface area (Å²) in [5.41, 5.74) is 10.0. The minimum absolute atomic E-state index is 0.115. The summed E-state index contributed by atoms with van der Waals surface area (Å²) in [6.45, 7) is 0. The molecule has 0 aliphatic heterocycles. The van der Waals surface area contributed by atoms with E-state index in [-0.39, 0.29) is 5.84 Å². The number of aromatic nitrogens is 5. The number of aromatic amines is 1. The van der Waals surface area contributed by atoms with Gasteiger partial charge in [-0.2, -0.15) is 4.99 Å². The van der Waals surface area contributed by atoms with Gasteiger partial charge in [0.05, 0.1) is 50.8 Å². The minimum Gasteiger partial charge on any atom is -0.323 e. The average Bonchev–Trinajstić information content (AvgIpc) is 3.69. The third-order valence-electron chi connectivity index (χ3n) is 9.68. The fourth-order valence-electron chi connectivity index (χ4n) is 7.47. The number of H-pyrrole nitrogens is 1. The SMILES string of the molecule is N=C(N=c1nc(-c2ccccc2)c2ccccc2[nH]1)c1ccccc1-n1c2ccccc2c2cc3c(cc21)c1ccccc1n3-c1cccnc1. The normalized spacial score (nSPS) is 12.1. The summed E-state index contributed by atoms with van der Waals surface area (Å²) in [5, 5.41) is 15.0. The molecule has 0 aliphatic carbocycles. The lowest BCUT2D eigenvalue weighted by atomic mass is 10.1. The first kappa shape index (κ1) is 28.9. The Morgan fingerprint density at radius 1 is 0.569 bits per heavy atom. The van der Waals surface area contributed by atoms with Crippen molar-refractivity contribution in [3.63, 3.8) is 0 Å². The van der Waals surface area contributed by atoms with Crippen molar-refractivity contribution in [2.45, 2.75) is 0 Å². The maximum absolute atomic E-state index is 9.40. The number of fused-ring (bicyclic) bond motifs is 7. The lowest BCUT2D eigenvalue weighted by molar-refractivity contribution is 1.05. The number of nitrogens with one attached hydrogen (secondary N) is 2. The van der Waals surface area contributed by atoms with Crippen LogP contribution >= 0.6 is 0 Å². The summed E-state index contributed by atoms with van der Waals surface area (Å²) in [6, 6.07) is 51.9. The Balaban J connectivity index is 1.21. The Labute approximate surface area is 292 Å². The third kappa shape index (κ3) is 4.60. The molecule has 4 aromatic heterocycles. The number of para-hydroxylation sites is 4. The molecule has 0 spiro atoms. The summed E-state index contributed by atoms with van der Waals surface area (Å²) < 4.78 is 4.56. The molecule has 2 N–H and O–H groups in total. The summed E-state index contributed by atoms with van der Waals surface area (Å²) in [4.78, 5) is 17.6. The molecule has 0 bridgehead atoms. The van der Waals surface area contributed by atoms with Gasteiger partial charge in [0.25, 0.3) is 0 Å². The molecule has 10 aromatic rings. The molecule has 240 valence electrons. The molecule has 51 heavy (non-hydrogen) atoms. The van der Waals surface area contributed by atoms with E-state index in [0.717, 1.165) is 71.8 Å². The summed E-state index contributed by atoms with van der Waals surface area (Å²) in [5.74, 6) is 0.115. The Morgan fingerprint density at radius 2 is 1.20 bits per heavy atom. The molecule has 0 atom stereocenters. The van der Waals surface area contributed by atoms with Crippen LogP contribution in [0.15, 0.2) is 169 Å². The standard InChI is InChI=1S/C44H29N7/c45-43(49-44-47-36-20-8-4-18-32(36)42(48-44)28-13-2-1-3-14-28)33-19-7-11-23-39(33)51-38-22-10-6-17-31(38)35-25-40-34(26-41(35)51)30-16-5-9-21-37(30)50(40)29-15-12-24-46-27-29/h1-27H,(H2,45,47,48,49). The minimum atomic E-state index is 0.115. The van der Waals surface area contributed by atoms with E-state index in [2.05, 4.69) is 98.0 Å². The van der Waals surface area contributed by atoms with E-state index < -0.39 is 0 Å². The third-order valence-corrected chi connectivity index (χ3v) is 9.68. The Kier molecular flexibility index (Phi) is 6.50. The van der Waals surface area contributed by atoms with Gasteiger partial charge in [0.15, 0.2) is 5.84 Å². The molecular formula is C44H29N7. The van der Waals surface area contributed by atoms with Crippen LogP contribution in [0.25, 0.3) is 77.1 Å². The molecule has 0 fully saturated rings. The number of benzene rings is 6. The largest absolute Gasteiger partial charge is 0.323 e. The van der Waals surface area contributed by atoms with Gasteiger partial charge in [0.2, 0.25) is 5.62 Å². The number of nitrogens with zero attached hydrogens (tertiary/aromatic N) is 5. The molecule has 10 rings (SSSR count). The molecule has 0 amide bonds. The highest BCUT2D eigenvalue weighted by Crippen LogP contribution is 2.40. The van der Waals surface area contributed by atoms with Crippen LogP contribution in [0.5, 0.6) is 0 Å². The monoisotopic (exact) mass is 655 g/mol. The van der Waals surface area contributed by atoms with Crippen molar-refractivity contribution in [1.29, 1.82) is 5.41 Å². The number of pyridine rings is 1. The lowest BCUT2D eigenvalue weighted by Gasteiger charge is -2.13. The zero-order valence-corrected chi connectivity index (χ0v) is 27.3. The number of hydrogen-bond donors (Lipinski definition) is 2. The quantitative estimate of drug-likeness (QED) is 0.146. The van der Waals surface area contributed by atoms with E-state index in [1.165, 1.54) is 5.39 Å². The average molecular weight is 656 g/mol. The van der Waals surface area contributed by atoms with Crippen molar-refractivity contribution in [2.75, 3.05) is 0 Å². The van der Waals surface area contributed by atoms with Crippen molar-refractivity contribution in [3.8, 4) is 22.6 Å². The molecule has 7 nitrogen and oxygen atoms in total. The number of amidine groups is 1. The first-order valence-electron chi connectivity index (χ1n) is 16.9. The van der Waals surface area contributed by atoms with Gasteiger partial charge in [0, 0.05) is 44.3 Å². The first-order valence-corrected chi connectivity index (χ1v) is 16.9. The maximum Gasteiger partial charge on any atom is 0.229 e. The van der Waals surface area contributed by atoms with Crippen molar-refractivity contribution < 1.29 is 0 Å². The molecule has 0 aliphatic rings. The molecule has 0 saturated heterocycles. The van der Waals surface area contributed by atoms with Crippen LogP contribution in [-0.2, 0) is 0 Å². The van der Waals surface area contributed by atoms with E-state index in [9.17, 15) is 5.41 Å². The predicted octanol–water partition coefficient (Wildman–Crippen LogP) is 9.75. The molecule has 6 aromatic carbocycles. The van der Waals surface area contributed by atoms with Gasteiger partial charge in [-0.3, -0.25) is 10.4 Å². The second-order valence-corrected chi connectivity index (χ2v) is 12.6. The predicted molar refractivity (Wildman–Crippen MR) is 207 cm³/mol. The van der Waals surface area contributed by atoms with Gasteiger partial charge >= 0.3 is 0 Å². The van der Waals surface area contributed by atoms with Crippen LogP contribution in [0.1, 0.15) is 5.56 Å². The summed E-state index contributed by atoms with van der Waals surface area (Å²) in [6.07, 6.45) is 3.72. The highest BCUT2D eigenvalue weighted by molar-refractivity contribution is 6.19. The van der Waals surface area contributed by atoms with Gasteiger partial charge < -0.3 is 14.1 Å². The fraction of sp³-hybridized carbons (Fsp3) is 0. The van der Waals surface area contributed by atoms with E-state index in [0.29, 0.717) is 11.2 Å². The van der Waals surface area contributed by atoms with Crippen LogP contribution in [0.2, 0.25) is 0 Å². The molecule has 0 unspecified atom stereocenters. The zero-order valence-electron chi connectivity index (χ0n) is 27.3. The zero-order chi connectivity index (χ0) is 33.9. The van der Waals surface area contributed by atoms with Crippen molar-refractivity contribution in [1.82, 2.24) is 24.1 Å². The summed E-state index contributed by atoms with van der Waals surface area (Å²) >= 11 is 0. The van der Waals surface area contributed by atoms with Gasteiger partial charge in [-0.1, -0.05) is 97.1 Å². The molecular weight excluding hydrogens is 627 g/mol. The summed E-state index contributed by atoms with van der Waals surface area (Å²) in [7, 11) is 0. The topological polar surface area (TPSA) is 87.6 Å². The van der Waals surface area contributed by atoms with Crippen LogP contribution in [0.3, 0.4) is 0 Å². The van der Waals surface area contributed by atoms with Gasteiger partial charge in [0.1, 0.15) is 0 Å². The fourth-order valence-corrected chi connectivity index (χ4v) is 7.47. The maximum atomic E-state index is 9.40. The van der Waals surface area contributed by atoms with Crippen LogP contribution in [0, 0.1) is 5.41 Å². The van der Waals surface area contributed by atoms with Crippen LogP contribution in [-0.4, -0.2) is 29.9 Å². The van der Waals surface area contributed by atoms with Crippen molar-refractivity contribution in [2.24, 2.45) is 4.99 Å². The molecule has 0 saturated carbocycles. The van der Waals surface area contributed by atoms with Crippen LogP contribution < -0.4 is 5.62 Å². The van der Waals surface area contributed by atoms with Gasteiger partial charge in [-0.15, -0.1) is 0 Å². The Bertz CT molecular complexity index is 3040. The van der Waals surface area contributed by atoms with Gasteiger partial charge in [-0.05, 0) is 54.6 Å². The second-order valence-electron chi connectivity index (χ2n) is 12.6. The van der Waals surface area contributed by atoms with Crippen molar-refractivity contribution >= 4 is 60.4 Å². The van der Waals surface area contributed by atoms with Crippen molar-refractivity contribution in [3.05, 3.63) is 175 Å². The Morgan fingerprint density at radius 3 is 1.94 bits per heavy atom. The number of rotatable bonds is 4. The Hall–Kier alpha value is -7.12. The molecule has 4 heterocycles. The van der Waals surface area contributed by atoms with Crippen LogP contribution in [0.4, 0.5) is 0 Å². The highest BCUT2D eigenvalue weighted by Gasteiger charge is 2.20. The second kappa shape index (κ2) is 11.5. The highest BCUT2D eigenvalue weighted by atomic mass is 15.0. The molecule has 7 heteroatoms. The first-order chi connectivity index (χ1) is 25.2. The molecule has 0 radical (unpaired) electrons. The van der Waals surface area contributed by atoms with Gasteiger partial charge in [-0.25, -0.2) is 4.98 Å². The van der Waals surface area contributed by atoms with E-state index >= 15 is 0 Å². The number of hydrogen-bond acceptors (Lipinski definition) is 3. The lowest BCUT2D eigenvalue weighted by Crippen LogP contribution is -2.17. The smallest absolute Gasteiger partial charge is 0.229 e. The van der Waals surface area contributed by atoms with E-state index in [1.807, 2.05) is 79.0 Å². The van der Waals surface area contributed by atoms with E-state index in [4.69, 9.17) is 9.98 Å².